The number of carbonyl (C=O) groups is 1. The SMILES string of the molecule is CCCNC(=O)c1cccc(CNC(=NC)NCCc2csc(C)n2)c1.I. The van der Waals surface area contributed by atoms with Gasteiger partial charge in [-0.05, 0) is 31.0 Å². The first kappa shape index (κ1) is 23.4. The summed E-state index contributed by atoms with van der Waals surface area (Å²) in [5.74, 6) is 0.701. The number of nitrogens with one attached hydrogen (secondary N) is 3. The van der Waals surface area contributed by atoms with Crippen LogP contribution in [0.5, 0.6) is 0 Å². The number of aryl methyl sites for hydroxylation is 1. The number of halogens is 1. The summed E-state index contributed by atoms with van der Waals surface area (Å²) in [5, 5.41) is 12.6. The Bertz CT molecular complexity index is 747. The van der Waals surface area contributed by atoms with Crippen molar-refractivity contribution in [2.45, 2.75) is 33.2 Å². The van der Waals surface area contributed by atoms with Crippen LogP contribution in [0.3, 0.4) is 0 Å². The fourth-order valence-electron chi connectivity index (χ4n) is 2.40. The average Bonchev–Trinajstić information content (AvgIpc) is 3.07. The van der Waals surface area contributed by atoms with Crippen LogP contribution in [0, 0.1) is 6.92 Å². The summed E-state index contributed by atoms with van der Waals surface area (Å²) in [6, 6.07) is 7.63. The van der Waals surface area contributed by atoms with Crippen molar-refractivity contribution in [1.82, 2.24) is 20.9 Å². The Morgan fingerprint density at radius 1 is 1.22 bits per heavy atom. The Morgan fingerprint density at radius 2 is 2.04 bits per heavy atom. The zero-order valence-corrected chi connectivity index (χ0v) is 19.2. The number of aromatic nitrogens is 1. The van der Waals surface area contributed by atoms with E-state index in [9.17, 15) is 4.79 Å². The quantitative estimate of drug-likeness (QED) is 0.295. The second-order valence-corrected chi connectivity index (χ2v) is 6.98. The average molecular weight is 501 g/mol. The lowest BCUT2D eigenvalue weighted by Gasteiger charge is -2.12. The Labute approximate surface area is 182 Å². The van der Waals surface area contributed by atoms with Gasteiger partial charge in [0.2, 0.25) is 0 Å². The van der Waals surface area contributed by atoms with Crippen LogP contribution in [0.2, 0.25) is 0 Å². The van der Waals surface area contributed by atoms with Gasteiger partial charge in [-0.1, -0.05) is 19.1 Å². The number of rotatable bonds is 8. The Hall–Kier alpha value is -1.68. The number of guanidine groups is 1. The van der Waals surface area contributed by atoms with E-state index >= 15 is 0 Å². The standard InChI is InChI=1S/C19H27N5OS.HI/c1-4-9-21-18(25)16-7-5-6-15(11-16)12-23-19(20-3)22-10-8-17-13-26-14(2)24-17;/h5-7,11,13H,4,8-10,12H2,1-3H3,(H,21,25)(H2,20,22,23);1H. The molecule has 1 heterocycles. The summed E-state index contributed by atoms with van der Waals surface area (Å²) >= 11 is 1.67. The molecule has 6 nitrogen and oxygen atoms in total. The van der Waals surface area contributed by atoms with E-state index in [4.69, 9.17) is 0 Å². The van der Waals surface area contributed by atoms with Crippen molar-refractivity contribution >= 4 is 47.2 Å². The van der Waals surface area contributed by atoms with E-state index in [0.29, 0.717) is 18.7 Å². The lowest BCUT2D eigenvalue weighted by molar-refractivity contribution is 0.0953. The highest BCUT2D eigenvalue weighted by Gasteiger charge is 2.06. The Morgan fingerprint density at radius 3 is 2.70 bits per heavy atom. The van der Waals surface area contributed by atoms with Crippen LogP contribution >= 0.6 is 35.3 Å². The minimum atomic E-state index is -0.0326. The minimum Gasteiger partial charge on any atom is -0.356 e. The molecule has 27 heavy (non-hydrogen) atoms. The van der Waals surface area contributed by atoms with Crippen molar-refractivity contribution in [2.24, 2.45) is 4.99 Å². The van der Waals surface area contributed by atoms with Crippen LogP contribution in [0.25, 0.3) is 0 Å². The van der Waals surface area contributed by atoms with E-state index in [1.165, 1.54) is 0 Å². The monoisotopic (exact) mass is 501 g/mol. The summed E-state index contributed by atoms with van der Waals surface area (Å²) in [5.41, 5.74) is 2.81. The number of aliphatic imine (C=N–C) groups is 1. The van der Waals surface area contributed by atoms with Gasteiger partial charge in [-0.2, -0.15) is 0 Å². The number of thiazole rings is 1. The molecule has 0 bridgehead atoms. The van der Waals surface area contributed by atoms with Gasteiger partial charge in [-0.3, -0.25) is 9.79 Å². The zero-order chi connectivity index (χ0) is 18.8. The fraction of sp³-hybridized carbons (Fsp3) is 0.421. The predicted molar refractivity (Wildman–Crippen MR) is 123 cm³/mol. The van der Waals surface area contributed by atoms with E-state index in [-0.39, 0.29) is 29.9 Å². The number of carbonyl (C=O) groups excluding carboxylic acids is 1. The van der Waals surface area contributed by atoms with Crippen molar-refractivity contribution in [1.29, 1.82) is 0 Å². The highest BCUT2D eigenvalue weighted by Crippen LogP contribution is 2.08. The lowest BCUT2D eigenvalue weighted by Crippen LogP contribution is -2.37. The molecule has 8 heteroatoms. The van der Waals surface area contributed by atoms with Gasteiger partial charge in [-0.15, -0.1) is 35.3 Å². The molecule has 0 saturated heterocycles. The van der Waals surface area contributed by atoms with Crippen LogP contribution in [-0.2, 0) is 13.0 Å². The van der Waals surface area contributed by atoms with Gasteiger partial charge < -0.3 is 16.0 Å². The third kappa shape index (κ3) is 8.25. The molecular weight excluding hydrogens is 473 g/mol. The molecule has 0 aliphatic heterocycles. The molecule has 2 rings (SSSR count). The van der Waals surface area contributed by atoms with Crippen LogP contribution in [0.15, 0.2) is 34.6 Å². The van der Waals surface area contributed by atoms with E-state index in [1.807, 2.05) is 38.1 Å². The van der Waals surface area contributed by atoms with Gasteiger partial charge in [0, 0.05) is 44.0 Å². The summed E-state index contributed by atoms with van der Waals surface area (Å²) in [7, 11) is 1.75. The van der Waals surface area contributed by atoms with Crippen LogP contribution in [-0.4, -0.2) is 37.0 Å². The van der Waals surface area contributed by atoms with Crippen LogP contribution in [0.4, 0.5) is 0 Å². The molecule has 1 amide bonds. The smallest absolute Gasteiger partial charge is 0.251 e. The van der Waals surface area contributed by atoms with Gasteiger partial charge in [0.1, 0.15) is 0 Å². The maximum Gasteiger partial charge on any atom is 0.251 e. The van der Waals surface area contributed by atoms with E-state index in [1.54, 1.807) is 18.4 Å². The molecule has 3 N–H and O–H groups in total. The summed E-state index contributed by atoms with van der Waals surface area (Å²) in [6.45, 7) is 6.11. The van der Waals surface area contributed by atoms with Crippen molar-refractivity contribution in [3.8, 4) is 0 Å². The second kappa shape index (κ2) is 12.7. The molecule has 0 radical (unpaired) electrons. The molecule has 1 aromatic heterocycles. The topological polar surface area (TPSA) is 78.4 Å². The third-order valence-corrected chi connectivity index (χ3v) is 4.57. The van der Waals surface area contributed by atoms with Gasteiger partial charge in [0.05, 0.1) is 10.7 Å². The molecule has 0 fully saturated rings. The molecule has 0 aliphatic carbocycles. The number of hydrogen-bond donors (Lipinski definition) is 3. The lowest BCUT2D eigenvalue weighted by atomic mass is 10.1. The molecular formula is C19H28IN5OS. The Balaban J connectivity index is 0.00000364. The van der Waals surface area contributed by atoms with Crippen LogP contribution < -0.4 is 16.0 Å². The molecule has 2 aromatic rings. The van der Waals surface area contributed by atoms with E-state index in [0.717, 1.165) is 41.6 Å². The first-order valence-corrected chi connectivity index (χ1v) is 9.73. The minimum absolute atomic E-state index is 0. The highest BCUT2D eigenvalue weighted by atomic mass is 127. The molecule has 0 spiro atoms. The van der Waals surface area contributed by atoms with Crippen molar-refractivity contribution in [3.05, 3.63) is 51.5 Å². The first-order valence-electron chi connectivity index (χ1n) is 8.85. The fourth-order valence-corrected chi connectivity index (χ4v) is 3.05. The predicted octanol–water partition coefficient (Wildman–Crippen LogP) is 3.12. The van der Waals surface area contributed by atoms with Crippen molar-refractivity contribution in [2.75, 3.05) is 20.1 Å². The zero-order valence-electron chi connectivity index (χ0n) is 16.0. The van der Waals surface area contributed by atoms with E-state index in [2.05, 4.69) is 31.3 Å². The maximum absolute atomic E-state index is 12.1. The van der Waals surface area contributed by atoms with E-state index < -0.39 is 0 Å². The highest BCUT2D eigenvalue weighted by molar-refractivity contribution is 14.0. The number of nitrogens with zero attached hydrogens (tertiary/aromatic N) is 2. The van der Waals surface area contributed by atoms with Gasteiger partial charge in [-0.25, -0.2) is 4.98 Å². The van der Waals surface area contributed by atoms with Crippen LogP contribution in [0.1, 0.15) is 40.0 Å². The number of amides is 1. The molecule has 148 valence electrons. The van der Waals surface area contributed by atoms with Gasteiger partial charge >= 0.3 is 0 Å². The molecule has 0 atom stereocenters. The summed E-state index contributed by atoms with van der Waals surface area (Å²) in [4.78, 5) is 20.7. The Kier molecular flexibility index (Phi) is 11.0. The summed E-state index contributed by atoms with van der Waals surface area (Å²) < 4.78 is 0. The van der Waals surface area contributed by atoms with Crippen molar-refractivity contribution < 1.29 is 4.79 Å². The van der Waals surface area contributed by atoms with Crippen molar-refractivity contribution in [3.63, 3.8) is 0 Å². The second-order valence-electron chi connectivity index (χ2n) is 5.92. The maximum atomic E-state index is 12.1. The molecule has 0 unspecified atom stereocenters. The number of benzene rings is 1. The third-order valence-electron chi connectivity index (χ3n) is 3.75. The number of hydrogen-bond acceptors (Lipinski definition) is 4. The normalized spacial score (nSPS) is 10.9. The molecule has 0 aliphatic rings. The van der Waals surface area contributed by atoms with Gasteiger partial charge in [0.15, 0.2) is 5.96 Å². The molecule has 0 saturated carbocycles. The summed E-state index contributed by atoms with van der Waals surface area (Å²) in [6.07, 6.45) is 1.79. The first-order chi connectivity index (χ1) is 12.6. The van der Waals surface area contributed by atoms with Gasteiger partial charge in [0.25, 0.3) is 5.91 Å². The molecule has 1 aromatic carbocycles. The largest absolute Gasteiger partial charge is 0.356 e.